The first kappa shape index (κ1) is 19.2. The summed E-state index contributed by atoms with van der Waals surface area (Å²) in [5.41, 5.74) is 2.42. The fourth-order valence-electron chi connectivity index (χ4n) is 2.37. The Hall–Kier alpha value is -2.08. The number of nitrogens with one attached hydrogen (secondary N) is 2. The van der Waals surface area contributed by atoms with E-state index in [-0.39, 0.29) is 0 Å². The molecular formula is C19H28N4OS. The molecule has 0 aliphatic carbocycles. The van der Waals surface area contributed by atoms with Crippen molar-refractivity contribution in [3.63, 3.8) is 0 Å². The predicted octanol–water partition coefficient (Wildman–Crippen LogP) is 3.05. The summed E-state index contributed by atoms with van der Waals surface area (Å²) >= 11 is 1.73. The van der Waals surface area contributed by atoms with Gasteiger partial charge in [-0.15, -0.1) is 11.3 Å². The molecule has 0 aliphatic rings. The third-order valence-electron chi connectivity index (χ3n) is 3.75. The maximum Gasteiger partial charge on any atom is 0.191 e. The average molecular weight is 361 g/mol. The van der Waals surface area contributed by atoms with Gasteiger partial charge in [0.25, 0.3) is 0 Å². The number of rotatable bonds is 9. The lowest BCUT2D eigenvalue weighted by Crippen LogP contribution is -2.38. The molecule has 5 nitrogen and oxygen atoms in total. The number of hydrogen-bond donors (Lipinski definition) is 2. The second kappa shape index (κ2) is 10.7. The summed E-state index contributed by atoms with van der Waals surface area (Å²) < 4.78 is 5.18. The predicted molar refractivity (Wildman–Crippen MR) is 106 cm³/mol. The molecule has 0 bridgehead atoms. The van der Waals surface area contributed by atoms with Crippen molar-refractivity contribution in [1.82, 2.24) is 15.6 Å². The first-order chi connectivity index (χ1) is 12.2. The van der Waals surface area contributed by atoms with E-state index < -0.39 is 0 Å². The lowest BCUT2D eigenvalue weighted by Gasteiger charge is -2.11. The van der Waals surface area contributed by atoms with Crippen LogP contribution in [0.15, 0.2) is 34.6 Å². The minimum atomic E-state index is 0.741. The zero-order chi connectivity index (χ0) is 17.9. The van der Waals surface area contributed by atoms with Gasteiger partial charge in [0.05, 0.1) is 17.8 Å². The molecular weight excluding hydrogens is 332 g/mol. The quantitative estimate of drug-likeness (QED) is 0.533. The van der Waals surface area contributed by atoms with Gasteiger partial charge in [-0.2, -0.15) is 0 Å². The lowest BCUT2D eigenvalue weighted by atomic mass is 10.1. The van der Waals surface area contributed by atoms with Gasteiger partial charge in [-0.1, -0.05) is 19.1 Å². The number of methoxy groups -OCH3 is 1. The minimum Gasteiger partial charge on any atom is -0.497 e. The van der Waals surface area contributed by atoms with E-state index in [0.717, 1.165) is 56.3 Å². The Balaban J connectivity index is 1.78. The highest BCUT2D eigenvalue weighted by atomic mass is 32.1. The number of benzene rings is 1. The number of thiazole rings is 1. The Kier molecular flexibility index (Phi) is 8.25. The number of guanidine groups is 1. The molecule has 1 aromatic heterocycles. The number of aliphatic imine (C=N–C) groups is 1. The van der Waals surface area contributed by atoms with Crippen LogP contribution in [0, 0.1) is 0 Å². The van der Waals surface area contributed by atoms with Crippen LogP contribution in [0.25, 0.3) is 0 Å². The summed E-state index contributed by atoms with van der Waals surface area (Å²) in [6.45, 7) is 6.65. The van der Waals surface area contributed by atoms with Gasteiger partial charge in [0.1, 0.15) is 5.75 Å². The highest BCUT2D eigenvalue weighted by Crippen LogP contribution is 2.11. The van der Waals surface area contributed by atoms with Crippen LogP contribution >= 0.6 is 11.3 Å². The van der Waals surface area contributed by atoms with Crippen LogP contribution < -0.4 is 15.4 Å². The van der Waals surface area contributed by atoms with Crippen molar-refractivity contribution >= 4 is 17.3 Å². The van der Waals surface area contributed by atoms with Crippen molar-refractivity contribution < 1.29 is 4.74 Å². The Labute approximate surface area is 154 Å². The summed E-state index contributed by atoms with van der Waals surface area (Å²) in [6, 6.07) is 8.18. The Bertz CT molecular complexity index is 652. The van der Waals surface area contributed by atoms with E-state index in [1.165, 1.54) is 10.6 Å². The highest BCUT2D eigenvalue weighted by molar-refractivity contribution is 7.09. The van der Waals surface area contributed by atoms with Crippen LogP contribution in [0.2, 0.25) is 0 Å². The van der Waals surface area contributed by atoms with Gasteiger partial charge in [-0.25, -0.2) is 4.98 Å². The summed E-state index contributed by atoms with van der Waals surface area (Å²) in [6.07, 6.45) is 2.83. The van der Waals surface area contributed by atoms with Crippen molar-refractivity contribution in [2.24, 2.45) is 4.99 Å². The van der Waals surface area contributed by atoms with E-state index in [1.54, 1.807) is 18.4 Å². The molecule has 0 aliphatic heterocycles. The molecule has 0 atom stereocenters. The Morgan fingerprint density at radius 2 is 1.96 bits per heavy atom. The highest BCUT2D eigenvalue weighted by Gasteiger charge is 2.01. The Morgan fingerprint density at radius 3 is 2.60 bits per heavy atom. The number of ether oxygens (including phenoxy) is 1. The van der Waals surface area contributed by atoms with Crippen molar-refractivity contribution in [2.75, 3.05) is 26.7 Å². The van der Waals surface area contributed by atoms with Crippen molar-refractivity contribution in [3.8, 4) is 5.75 Å². The van der Waals surface area contributed by atoms with E-state index in [1.807, 2.05) is 12.1 Å². The molecule has 0 radical (unpaired) electrons. The van der Waals surface area contributed by atoms with Gasteiger partial charge >= 0.3 is 0 Å². The van der Waals surface area contributed by atoms with Crippen molar-refractivity contribution in [3.05, 3.63) is 45.9 Å². The van der Waals surface area contributed by atoms with E-state index in [2.05, 4.69) is 52.0 Å². The van der Waals surface area contributed by atoms with Gasteiger partial charge < -0.3 is 15.4 Å². The number of nitrogens with zero attached hydrogens (tertiary/aromatic N) is 2. The van der Waals surface area contributed by atoms with E-state index >= 15 is 0 Å². The largest absolute Gasteiger partial charge is 0.497 e. The van der Waals surface area contributed by atoms with Gasteiger partial charge in [-0.05, 0) is 37.5 Å². The van der Waals surface area contributed by atoms with Crippen LogP contribution in [-0.2, 0) is 19.3 Å². The lowest BCUT2D eigenvalue weighted by molar-refractivity contribution is 0.414. The zero-order valence-corrected chi connectivity index (χ0v) is 16.2. The monoisotopic (exact) mass is 360 g/mol. The molecule has 0 fully saturated rings. The molecule has 6 heteroatoms. The molecule has 0 unspecified atom stereocenters. The van der Waals surface area contributed by atoms with Crippen LogP contribution in [-0.4, -0.2) is 37.7 Å². The zero-order valence-electron chi connectivity index (χ0n) is 15.3. The Morgan fingerprint density at radius 1 is 1.16 bits per heavy atom. The van der Waals surface area contributed by atoms with E-state index in [4.69, 9.17) is 4.74 Å². The maximum atomic E-state index is 5.18. The average Bonchev–Trinajstić information content (AvgIpc) is 3.10. The summed E-state index contributed by atoms with van der Waals surface area (Å²) in [4.78, 5) is 9.23. The van der Waals surface area contributed by atoms with Gasteiger partial charge in [0.2, 0.25) is 0 Å². The molecule has 2 rings (SSSR count). The third kappa shape index (κ3) is 6.74. The number of aryl methyl sites for hydroxylation is 1. The molecule has 1 heterocycles. The smallest absolute Gasteiger partial charge is 0.191 e. The van der Waals surface area contributed by atoms with E-state index in [0.29, 0.717) is 0 Å². The standard InChI is InChI=1S/C19H28N4OS/c1-4-18-23-16(14-25-18)11-13-22-19(20-5-2)21-12-10-15-6-8-17(24-3)9-7-15/h6-9,14H,4-5,10-13H2,1-3H3,(H2,20,21,22). The molecule has 1 aromatic carbocycles. The fourth-order valence-corrected chi connectivity index (χ4v) is 3.15. The van der Waals surface area contributed by atoms with Crippen molar-refractivity contribution in [1.29, 1.82) is 0 Å². The molecule has 0 saturated heterocycles. The summed E-state index contributed by atoms with van der Waals surface area (Å²) in [7, 11) is 1.68. The van der Waals surface area contributed by atoms with Crippen LogP contribution in [0.5, 0.6) is 5.75 Å². The molecule has 0 amide bonds. The minimum absolute atomic E-state index is 0.741. The van der Waals surface area contributed by atoms with Gasteiger partial charge in [0, 0.05) is 31.4 Å². The van der Waals surface area contributed by atoms with Crippen molar-refractivity contribution in [2.45, 2.75) is 33.1 Å². The second-order valence-electron chi connectivity index (χ2n) is 5.62. The maximum absolute atomic E-state index is 5.18. The molecule has 136 valence electrons. The second-order valence-corrected chi connectivity index (χ2v) is 6.56. The first-order valence-electron chi connectivity index (χ1n) is 8.83. The molecule has 0 spiro atoms. The summed E-state index contributed by atoms with van der Waals surface area (Å²) in [5.74, 6) is 1.75. The van der Waals surface area contributed by atoms with Crippen LogP contribution in [0.3, 0.4) is 0 Å². The normalized spacial score (nSPS) is 11.4. The molecule has 2 N–H and O–H groups in total. The number of hydrogen-bond acceptors (Lipinski definition) is 4. The third-order valence-corrected chi connectivity index (χ3v) is 4.79. The fraction of sp³-hybridized carbons (Fsp3) is 0.474. The van der Waals surface area contributed by atoms with Gasteiger partial charge in [-0.3, -0.25) is 4.99 Å². The molecule has 0 saturated carbocycles. The van der Waals surface area contributed by atoms with Crippen LogP contribution in [0.4, 0.5) is 0 Å². The molecule has 2 aromatic rings. The van der Waals surface area contributed by atoms with Gasteiger partial charge in [0.15, 0.2) is 5.96 Å². The first-order valence-corrected chi connectivity index (χ1v) is 9.71. The summed E-state index contributed by atoms with van der Waals surface area (Å²) in [5, 5.41) is 10.0. The topological polar surface area (TPSA) is 58.5 Å². The van der Waals surface area contributed by atoms with E-state index in [9.17, 15) is 0 Å². The number of aromatic nitrogens is 1. The SMILES string of the molecule is CCNC(=NCCc1csc(CC)n1)NCCc1ccc(OC)cc1. The van der Waals surface area contributed by atoms with Crippen LogP contribution in [0.1, 0.15) is 30.1 Å². The molecule has 25 heavy (non-hydrogen) atoms.